The van der Waals surface area contributed by atoms with E-state index in [0.29, 0.717) is 0 Å². The van der Waals surface area contributed by atoms with Crippen molar-refractivity contribution in [1.82, 2.24) is 20.9 Å². The molecule has 0 saturated heterocycles. The molecule has 0 spiro atoms. The van der Waals surface area contributed by atoms with E-state index in [-0.39, 0.29) is 19.3 Å². The van der Waals surface area contributed by atoms with Crippen molar-refractivity contribution in [3.05, 3.63) is 36.0 Å². The Morgan fingerprint density at radius 2 is 1.59 bits per heavy atom. The number of nitrogens with two attached hydrogens (primary N) is 2. The van der Waals surface area contributed by atoms with Crippen LogP contribution in [0.5, 0.6) is 0 Å². The predicted octanol–water partition coefficient (Wildman–Crippen LogP) is -2.30. The van der Waals surface area contributed by atoms with Gasteiger partial charge in [-0.2, -0.15) is 0 Å². The van der Waals surface area contributed by atoms with Crippen LogP contribution in [-0.4, -0.2) is 86.1 Å². The second-order valence-electron chi connectivity index (χ2n) is 8.96. The number of hydrogen-bond donors (Lipinski definition) is 9. The lowest BCUT2D eigenvalue weighted by Gasteiger charge is -2.26. The van der Waals surface area contributed by atoms with Gasteiger partial charge >= 0.3 is 11.9 Å². The van der Waals surface area contributed by atoms with Gasteiger partial charge in [0.25, 0.3) is 0 Å². The zero-order valence-electron chi connectivity index (χ0n) is 21.0. The highest BCUT2D eigenvalue weighted by molar-refractivity contribution is 5.96. The molecule has 212 valence electrons. The van der Waals surface area contributed by atoms with Crippen molar-refractivity contribution < 1.29 is 44.1 Å². The van der Waals surface area contributed by atoms with Crippen LogP contribution in [0.2, 0.25) is 0 Å². The average molecular weight is 549 g/mol. The second kappa shape index (κ2) is 13.9. The van der Waals surface area contributed by atoms with Crippen LogP contribution in [0, 0.1) is 0 Å². The predicted molar refractivity (Wildman–Crippen MR) is 136 cm³/mol. The van der Waals surface area contributed by atoms with E-state index in [1.54, 1.807) is 6.20 Å². The number of carboxylic acids is 2. The van der Waals surface area contributed by atoms with Crippen molar-refractivity contribution in [2.75, 3.05) is 0 Å². The number of primary amides is 1. The fraction of sp³-hybridized carbons (Fsp3) is 0.417. The molecule has 1 heterocycles. The van der Waals surface area contributed by atoms with Crippen molar-refractivity contribution in [3.8, 4) is 0 Å². The molecule has 39 heavy (non-hydrogen) atoms. The number of amides is 4. The lowest BCUT2D eigenvalue weighted by molar-refractivity contribution is -0.144. The summed E-state index contributed by atoms with van der Waals surface area (Å²) in [5.74, 6) is -6.90. The van der Waals surface area contributed by atoms with E-state index >= 15 is 0 Å². The van der Waals surface area contributed by atoms with Crippen molar-refractivity contribution in [2.45, 2.75) is 62.9 Å². The standard InChI is InChI=1S/C24H32N6O9/c1-11(31)20(30-21(35)14(25)8-12-10-27-15-5-3-2-4-13(12)15)23(37)29-17(9-19(33)34)22(36)28-16(24(38)39)6-7-18(26)32/h2-5,10-11,14,16-17,20,27,31H,6-9,25H2,1H3,(H2,26,32)(H,28,36)(H,29,37)(H,30,35)(H,33,34)(H,38,39). The van der Waals surface area contributed by atoms with Crippen molar-refractivity contribution in [3.63, 3.8) is 0 Å². The number of hydrogen-bond acceptors (Lipinski definition) is 8. The number of carbonyl (C=O) groups is 6. The van der Waals surface area contributed by atoms with Gasteiger partial charge < -0.3 is 47.7 Å². The Bertz CT molecular complexity index is 1230. The highest BCUT2D eigenvalue weighted by atomic mass is 16.4. The third-order valence-corrected chi connectivity index (χ3v) is 5.82. The number of nitrogens with one attached hydrogen (secondary N) is 4. The number of aliphatic hydroxyl groups is 1. The zero-order chi connectivity index (χ0) is 29.3. The SMILES string of the molecule is CC(O)C(NC(=O)C(N)Cc1c[nH]c2ccccc12)C(=O)NC(CC(=O)O)C(=O)NC(CCC(N)=O)C(=O)O. The van der Waals surface area contributed by atoms with Crippen LogP contribution in [-0.2, 0) is 35.2 Å². The third kappa shape index (κ3) is 9.08. The topological polar surface area (TPSA) is 267 Å². The first-order valence-electron chi connectivity index (χ1n) is 11.9. The van der Waals surface area contributed by atoms with Crippen LogP contribution in [0.25, 0.3) is 10.9 Å². The zero-order valence-corrected chi connectivity index (χ0v) is 21.0. The largest absolute Gasteiger partial charge is 0.481 e. The Balaban J connectivity index is 2.10. The molecule has 2 aromatic rings. The molecule has 5 unspecified atom stereocenters. The molecule has 4 amide bonds. The summed E-state index contributed by atoms with van der Waals surface area (Å²) in [6, 6.07) is 1.23. The lowest BCUT2D eigenvalue weighted by atomic mass is 10.0. The summed E-state index contributed by atoms with van der Waals surface area (Å²) in [7, 11) is 0. The molecule has 0 fully saturated rings. The molecule has 0 saturated carbocycles. The Morgan fingerprint density at radius 3 is 2.18 bits per heavy atom. The number of para-hydroxylation sites is 1. The summed E-state index contributed by atoms with van der Waals surface area (Å²) >= 11 is 0. The first kappa shape index (κ1) is 30.7. The van der Waals surface area contributed by atoms with Crippen molar-refractivity contribution in [2.24, 2.45) is 11.5 Å². The fourth-order valence-corrected chi connectivity index (χ4v) is 3.76. The molecule has 0 aliphatic carbocycles. The lowest BCUT2D eigenvalue weighted by Crippen LogP contribution is -2.60. The quantitative estimate of drug-likeness (QED) is 0.115. The third-order valence-electron chi connectivity index (χ3n) is 5.82. The highest BCUT2D eigenvalue weighted by Gasteiger charge is 2.33. The summed E-state index contributed by atoms with van der Waals surface area (Å²) in [4.78, 5) is 75.0. The summed E-state index contributed by atoms with van der Waals surface area (Å²) in [6.45, 7) is 1.19. The Kier molecular flexibility index (Phi) is 10.9. The van der Waals surface area contributed by atoms with Crippen molar-refractivity contribution in [1.29, 1.82) is 0 Å². The maximum atomic E-state index is 12.9. The molecular weight excluding hydrogens is 516 g/mol. The van der Waals surface area contributed by atoms with E-state index in [9.17, 15) is 44.1 Å². The van der Waals surface area contributed by atoms with Crippen LogP contribution >= 0.6 is 0 Å². The van der Waals surface area contributed by atoms with Gasteiger partial charge in [-0.25, -0.2) is 4.79 Å². The molecule has 1 aromatic heterocycles. The number of fused-ring (bicyclic) bond motifs is 1. The molecule has 0 aliphatic rings. The summed E-state index contributed by atoms with van der Waals surface area (Å²) in [5, 5.41) is 35.9. The molecule has 15 nitrogen and oxygen atoms in total. The summed E-state index contributed by atoms with van der Waals surface area (Å²) < 4.78 is 0. The first-order chi connectivity index (χ1) is 18.3. The van der Waals surface area contributed by atoms with Gasteiger partial charge in [0.05, 0.1) is 18.6 Å². The van der Waals surface area contributed by atoms with Gasteiger partial charge in [-0.05, 0) is 31.4 Å². The summed E-state index contributed by atoms with van der Waals surface area (Å²) in [5.41, 5.74) is 12.6. The Morgan fingerprint density at radius 1 is 0.949 bits per heavy atom. The molecule has 11 N–H and O–H groups in total. The van der Waals surface area contributed by atoms with E-state index in [1.165, 1.54) is 6.92 Å². The fourth-order valence-electron chi connectivity index (χ4n) is 3.76. The molecule has 5 atom stereocenters. The molecule has 1 aromatic carbocycles. The van der Waals surface area contributed by atoms with E-state index in [2.05, 4.69) is 20.9 Å². The van der Waals surface area contributed by atoms with Gasteiger partial charge in [-0.3, -0.25) is 24.0 Å². The van der Waals surface area contributed by atoms with Crippen LogP contribution < -0.4 is 27.4 Å². The van der Waals surface area contributed by atoms with Gasteiger partial charge in [0, 0.05) is 23.5 Å². The number of rotatable bonds is 15. The number of aliphatic carboxylic acids is 2. The summed E-state index contributed by atoms with van der Waals surface area (Å²) in [6.07, 6.45) is -1.38. The number of aromatic amines is 1. The second-order valence-corrected chi connectivity index (χ2v) is 8.96. The molecule has 0 bridgehead atoms. The number of aliphatic hydroxyl groups excluding tert-OH is 1. The number of carbonyl (C=O) groups excluding carboxylic acids is 4. The van der Waals surface area contributed by atoms with Crippen LogP contribution in [0.1, 0.15) is 31.7 Å². The molecular formula is C24H32N6O9. The number of H-pyrrole nitrogens is 1. The minimum Gasteiger partial charge on any atom is -0.481 e. The van der Waals surface area contributed by atoms with Gasteiger partial charge in [-0.15, -0.1) is 0 Å². The minimum atomic E-state index is -1.77. The molecule has 0 aliphatic heterocycles. The van der Waals surface area contributed by atoms with Gasteiger partial charge in [0.2, 0.25) is 23.6 Å². The number of carboxylic acid groups (broad SMARTS) is 2. The van der Waals surface area contributed by atoms with Crippen LogP contribution in [0.15, 0.2) is 30.5 Å². The van der Waals surface area contributed by atoms with Crippen molar-refractivity contribution >= 4 is 46.5 Å². The Labute approximate surface area is 222 Å². The number of aromatic nitrogens is 1. The number of benzene rings is 1. The Hall–Kier alpha value is -4.50. The van der Waals surface area contributed by atoms with Gasteiger partial charge in [0.1, 0.15) is 18.1 Å². The van der Waals surface area contributed by atoms with E-state index in [1.807, 2.05) is 24.3 Å². The molecule has 2 rings (SSSR count). The van der Waals surface area contributed by atoms with Crippen LogP contribution in [0.3, 0.4) is 0 Å². The monoisotopic (exact) mass is 548 g/mol. The van der Waals surface area contributed by atoms with E-state index in [0.717, 1.165) is 16.5 Å². The highest BCUT2D eigenvalue weighted by Crippen LogP contribution is 2.18. The minimum absolute atomic E-state index is 0.0932. The van der Waals surface area contributed by atoms with E-state index in [4.69, 9.17) is 11.5 Å². The first-order valence-corrected chi connectivity index (χ1v) is 11.9. The normalized spacial score (nSPS) is 14.8. The molecule has 15 heteroatoms. The van der Waals surface area contributed by atoms with Gasteiger partial charge in [0.15, 0.2) is 0 Å². The van der Waals surface area contributed by atoms with Gasteiger partial charge in [-0.1, -0.05) is 18.2 Å². The average Bonchev–Trinajstić information content (AvgIpc) is 3.26. The molecule has 0 radical (unpaired) electrons. The maximum absolute atomic E-state index is 12.9. The maximum Gasteiger partial charge on any atom is 0.326 e. The van der Waals surface area contributed by atoms with E-state index < -0.39 is 72.3 Å². The smallest absolute Gasteiger partial charge is 0.326 e. The van der Waals surface area contributed by atoms with Crippen LogP contribution in [0.4, 0.5) is 0 Å².